The highest BCUT2D eigenvalue weighted by atomic mass is 35.5. The van der Waals surface area contributed by atoms with Crippen LogP contribution in [0.3, 0.4) is 0 Å². The molecule has 0 aliphatic carbocycles. The number of amides is 2. The van der Waals surface area contributed by atoms with Crippen molar-refractivity contribution in [2.75, 3.05) is 12.4 Å². The lowest BCUT2D eigenvalue weighted by Crippen LogP contribution is -2.16. The third-order valence-electron chi connectivity index (χ3n) is 3.93. The van der Waals surface area contributed by atoms with E-state index >= 15 is 0 Å². The van der Waals surface area contributed by atoms with Crippen molar-refractivity contribution in [3.63, 3.8) is 0 Å². The number of anilines is 1. The summed E-state index contributed by atoms with van der Waals surface area (Å²) in [6.07, 6.45) is 1.46. The van der Waals surface area contributed by atoms with Crippen LogP contribution in [0.1, 0.15) is 26.6 Å². The van der Waals surface area contributed by atoms with Gasteiger partial charge in [0.2, 0.25) is 5.91 Å². The SMILES string of the molecule is CNC(=O)c1cnc(NC(=O)Cc2nnn(Cc3ccc(Cl)c(Cl)c3)c2C)s1. The zero-order valence-corrected chi connectivity index (χ0v) is 17.3. The van der Waals surface area contributed by atoms with E-state index < -0.39 is 0 Å². The standard InChI is InChI=1S/C17H16Cl2N6O2S/c1-9-13(6-15(26)22-17-21-7-14(28-17)16(27)20-2)23-24-25(9)8-10-3-4-11(18)12(19)5-10/h3-5,7H,6,8H2,1-2H3,(H,20,27)(H,21,22,26). The highest BCUT2D eigenvalue weighted by molar-refractivity contribution is 7.17. The van der Waals surface area contributed by atoms with Gasteiger partial charge < -0.3 is 10.6 Å². The van der Waals surface area contributed by atoms with E-state index in [1.807, 2.05) is 13.0 Å². The predicted molar refractivity (Wildman–Crippen MR) is 108 cm³/mol. The molecule has 0 saturated heterocycles. The van der Waals surface area contributed by atoms with Crippen LogP contribution in [-0.4, -0.2) is 38.8 Å². The molecule has 3 rings (SSSR count). The van der Waals surface area contributed by atoms with Crippen LogP contribution in [0, 0.1) is 6.92 Å². The molecular weight excluding hydrogens is 423 g/mol. The Labute approximate surface area is 174 Å². The monoisotopic (exact) mass is 438 g/mol. The number of carbonyl (C=O) groups is 2. The maximum Gasteiger partial charge on any atom is 0.262 e. The summed E-state index contributed by atoms with van der Waals surface area (Å²) in [5, 5.41) is 14.7. The van der Waals surface area contributed by atoms with Crippen molar-refractivity contribution in [1.82, 2.24) is 25.3 Å². The average molecular weight is 439 g/mol. The largest absolute Gasteiger partial charge is 0.354 e. The summed E-state index contributed by atoms with van der Waals surface area (Å²) in [5.74, 6) is -0.540. The number of aromatic nitrogens is 4. The molecule has 0 fully saturated rings. The first-order chi connectivity index (χ1) is 13.4. The molecule has 0 aliphatic rings. The Kier molecular flexibility index (Phi) is 6.28. The highest BCUT2D eigenvalue weighted by Crippen LogP contribution is 2.23. The lowest BCUT2D eigenvalue weighted by Gasteiger charge is -2.06. The van der Waals surface area contributed by atoms with Gasteiger partial charge in [-0.2, -0.15) is 0 Å². The minimum Gasteiger partial charge on any atom is -0.354 e. The van der Waals surface area contributed by atoms with E-state index in [1.54, 1.807) is 16.8 Å². The maximum absolute atomic E-state index is 12.3. The molecule has 0 radical (unpaired) electrons. The summed E-state index contributed by atoms with van der Waals surface area (Å²) in [4.78, 5) is 28.3. The summed E-state index contributed by atoms with van der Waals surface area (Å²) in [6.45, 7) is 2.30. The molecule has 146 valence electrons. The second-order valence-corrected chi connectivity index (χ2v) is 7.71. The van der Waals surface area contributed by atoms with E-state index in [2.05, 4.69) is 25.9 Å². The molecule has 1 aromatic carbocycles. The van der Waals surface area contributed by atoms with Crippen molar-refractivity contribution in [2.24, 2.45) is 0 Å². The number of halogens is 2. The van der Waals surface area contributed by atoms with E-state index in [-0.39, 0.29) is 18.2 Å². The normalized spacial score (nSPS) is 10.7. The Hall–Kier alpha value is -2.49. The molecule has 3 aromatic rings. The maximum atomic E-state index is 12.3. The number of nitrogens with one attached hydrogen (secondary N) is 2. The van der Waals surface area contributed by atoms with Crippen LogP contribution in [0.2, 0.25) is 10.0 Å². The minimum atomic E-state index is -0.289. The van der Waals surface area contributed by atoms with Crippen molar-refractivity contribution in [3.8, 4) is 0 Å². The Bertz CT molecular complexity index is 1030. The summed E-state index contributed by atoms with van der Waals surface area (Å²) < 4.78 is 1.69. The van der Waals surface area contributed by atoms with Gasteiger partial charge in [-0.3, -0.25) is 9.59 Å². The van der Waals surface area contributed by atoms with Gasteiger partial charge in [0.1, 0.15) is 4.88 Å². The van der Waals surface area contributed by atoms with Crippen molar-refractivity contribution in [3.05, 3.63) is 56.3 Å². The number of hydrogen-bond donors (Lipinski definition) is 2. The molecule has 0 bridgehead atoms. The van der Waals surface area contributed by atoms with Crippen LogP contribution < -0.4 is 10.6 Å². The van der Waals surface area contributed by atoms with E-state index in [9.17, 15) is 9.59 Å². The predicted octanol–water partition coefficient (Wildman–Crippen LogP) is 2.94. The molecule has 0 unspecified atom stereocenters. The zero-order chi connectivity index (χ0) is 20.3. The number of rotatable bonds is 6. The lowest BCUT2D eigenvalue weighted by molar-refractivity contribution is -0.115. The number of benzene rings is 1. The fourth-order valence-corrected chi connectivity index (χ4v) is 3.50. The second-order valence-electron chi connectivity index (χ2n) is 5.86. The third kappa shape index (κ3) is 4.67. The van der Waals surface area contributed by atoms with E-state index in [4.69, 9.17) is 23.2 Å². The Morgan fingerprint density at radius 3 is 2.75 bits per heavy atom. The average Bonchev–Trinajstić information content (AvgIpc) is 3.26. The number of hydrogen-bond acceptors (Lipinski definition) is 6. The molecule has 2 amide bonds. The van der Waals surface area contributed by atoms with Crippen molar-refractivity contribution in [2.45, 2.75) is 19.9 Å². The van der Waals surface area contributed by atoms with Gasteiger partial charge in [-0.15, -0.1) is 5.10 Å². The van der Waals surface area contributed by atoms with Gasteiger partial charge in [-0.25, -0.2) is 9.67 Å². The van der Waals surface area contributed by atoms with Crippen LogP contribution >= 0.6 is 34.5 Å². The lowest BCUT2D eigenvalue weighted by atomic mass is 10.2. The van der Waals surface area contributed by atoms with E-state index in [1.165, 1.54) is 13.2 Å². The molecule has 2 N–H and O–H groups in total. The number of nitrogens with zero attached hydrogens (tertiary/aromatic N) is 4. The number of carbonyl (C=O) groups excluding carboxylic acids is 2. The topological polar surface area (TPSA) is 102 Å². The van der Waals surface area contributed by atoms with Crippen molar-refractivity contribution < 1.29 is 9.59 Å². The van der Waals surface area contributed by atoms with Gasteiger partial charge in [-0.1, -0.05) is 45.8 Å². The van der Waals surface area contributed by atoms with Gasteiger partial charge in [-0.05, 0) is 24.6 Å². The van der Waals surface area contributed by atoms with Crippen molar-refractivity contribution >= 4 is 51.5 Å². The van der Waals surface area contributed by atoms with Crippen LogP contribution in [0.15, 0.2) is 24.4 Å². The molecule has 28 heavy (non-hydrogen) atoms. The first-order valence-corrected chi connectivity index (χ1v) is 9.75. The molecular formula is C17H16Cl2N6O2S. The van der Waals surface area contributed by atoms with Gasteiger partial charge in [0, 0.05) is 7.05 Å². The Morgan fingerprint density at radius 2 is 2.04 bits per heavy atom. The summed E-state index contributed by atoms with van der Waals surface area (Å²) in [6, 6.07) is 5.35. The quantitative estimate of drug-likeness (QED) is 0.615. The van der Waals surface area contributed by atoms with E-state index in [0.717, 1.165) is 22.6 Å². The third-order valence-corrected chi connectivity index (χ3v) is 5.58. The summed E-state index contributed by atoms with van der Waals surface area (Å²) in [5.41, 5.74) is 2.25. The van der Waals surface area contributed by atoms with Crippen molar-refractivity contribution in [1.29, 1.82) is 0 Å². The fraction of sp³-hybridized carbons (Fsp3) is 0.235. The molecule has 0 atom stereocenters. The molecule has 11 heteroatoms. The molecule has 0 saturated carbocycles. The fourth-order valence-electron chi connectivity index (χ4n) is 2.40. The van der Waals surface area contributed by atoms with Gasteiger partial charge in [0.05, 0.1) is 40.6 Å². The second kappa shape index (κ2) is 8.68. The Balaban J connectivity index is 1.64. The first kappa shape index (κ1) is 20.2. The molecule has 0 spiro atoms. The molecule has 8 nitrogen and oxygen atoms in total. The first-order valence-electron chi connectivity index (χ1n) is 8.18. The van der Waals surface area contributed by atoms with E-state index in [0.29, 0.717) is 32.3 Å². The summed E-state index contributed by atoms with van der Waals surface area (Å²) >= 11 is 13.1. The van der Waals surface area contributed by atoms with Crippen LogP contribution in [-0.2, 0) is 17.8 Å². The minimum absolute atomic E-state index is 0.0437. The zero-order valence-electron chi connectivity index (χ0n) is 15.0. The molecule has 2 heterocycles. The number of thiazole rings is 1. The summed E-state index contributed by atoms with van der Waals surface area (Å²) in [7, 11) is 1.53. The van der Waals surface area contributed by atoms with Gasteiger partial charge in [0.15, 0.2) is 5.13 Å². The van der Waals surface area contributed by atoms with Crippen LogP contribution in [0.25, 0.3) is 0 Å². The van der Waals surface area contributed by atoms with Crippen LogP contribution in [0.5, 0.6) is 0 Å². The highest BCUT2D eigenvalue weighted by Gasteiger charge is 2.16. The Morgan fingerprint density at radius 1 is 1.25 bits per heavy atom. The van der Waals surface area contributed by atoms with Gasteiger partial charge >= 0.3 is 0 Å². The van der Waals surface area contributed by atoms with Crippen LogP contribution in [0.4, 0.5) is 5.13 Å². The smallest absolute Gasteiger partial charge is 0.262 e. The van der Waals surface area contributed by atoms with Gasteiger partial charge in [0.25, 0.3) is 5.91 Å². The molecule has 2 aromatic heterocycles. The molecule has 0 aliphatic heterocycles.